The van der Waals surface area contributed by atoms with E-state index in [1.54, 1.807) is 6.07 Å². The number of aromatic hydroxyl groups is 1. The van der Waals surface area contributed by atoms with Gasteiger partial charge in [-0.3, -0.25) is 20.4 Å². The van der Waals surface area contributed by atoms with Crippen LogP contribution in [0.1, 0.15) is 37.4 Å². The minimum Gasteiger partial charge on any atom is -0.508 e. The van der Waals surface area contributed by atoms with Crippen LogP contribution in [0.15, 0.2) is 66.7 Å². The molecule has 0 aliphatic heterocycles. The summed E-state index contributed by atoms with van der Waals surface area (Å²) in [5.74, 6) is -1.16. The second kappa shape index (κ2) is 8.59. The molecule has 3 rings (SSSR count). The van der Waals surface area contributed by atoms with Crippen LogP contribution in [-0.4, -0.2) is 16.8 Å². The molecule has 0 unspecified atom stereocenters. The smallest absolute Gasteiger partial charge is 0.418 e. The van der Waals surface area contributed by atoms with Gasteiger partial charge in [-0.25, -0.2) is 0 Å². The normalized spacial score (nSPS) is 10.8. The number of rotatable bonds is 5. The Morgan fingerprint density at radius 1 is 0.903 bits per heavy atom. The number of carbonyl (C=O) groups excluding carboxylic acids is 2. The zero-order valence-corrected chi connectivity index (χ0v) is 15.7. The monoisotopic (exact) mass is 425 g/mol. The van der Waals surface area contributed by atoms with Crippen LogP contribution in [0.3, 0.4) is 0 Å². The first-order chi connectivity index (χ1) is 14.7. The lowest BCUT2D eigenvalue weighted by atomic mass is 10.0. The number of hydrogen-bond donors (Lipinski definition) is 3. The van der Waals surface area contributed by atoms with Gasteiger partial charge in [-0.05, 0) is 42.5 Å². The molecule has 3 aromatic carbocycles. The molecule has 9 heteroatoms. The molecule has 3 aromatic rings. The van der Waals surface area contributed by atoms with Gasteiger partial charge in [-0.1, -0.05) is 24.3 Å². The van der Waals surface area contributed by atoms with E-state index in [1.165, 1.54) is 54.6 Å². The van der Waals surface area contributed by atoms with Crippen molar-refractivity contribution in [2.24, 2.45) is 0 Å². The summed E-state index contributed by atoms with van der Waals surface area (Å²) in [7, 11) is 0. The Hall–Kier alpha value is -4.32. The number of alkyl halides is 3. The zero-order valence-electron chi connectivity index (χ0n) is 15.7. The summed E-state index contributed by atoms with van der Waals surface area (Å²) in [6.07, 6.45) is -4.73. The number of phenols is 1. The molecule has 1 amide bonds. The lowest BCUT2D eigenvalue weighted by Crippen LogP contribution is -2.30. The highest BCUT2D eigenvalue weighted by molar-refractivity contribution is 6.09. The molecule has 31 heavy (non-hydrogen) atoms. The number of phenolic OH excluding ortho intramolecular Hbond substituents is 1. The highest BCUT2D eigenvalue weighted by Gasteiger charge is 2.34. The van der Waals surface area contributed by atoms with Crippen LogP contribution in [0.25, 0.3) is 0 Å². The molecule has 0 fully saturated rings. The number of nitrogens with zero attached hydrogens (tertiary/aromatic N) is 1. The maximum absolute atomic E-state index is 13.2. The Balaban J connectivity index is 1.72. The lowest BCUT2D eigenvalue weighted by Gasteiger charge is -2.15. The van der Waals surface area contributed by atoms with Crippen molar-refractivity contribution < 1.29 is 27.9 Å². The molecule has 0 radical (unpaired) electrons. The summed E-state index contributed by atoms with van der Waals surface area (Å²) in [6, 6.07) is 15.8. The molecular weight excluding hydrogens is 411 g/mol. The minimum atomic E-state index is -4.73. The number of hydrazine groups is 1. The second-order valence-corrected chi connectivity index (χ2v) is 6.41. The van der Waals surface area contributed by atoms with Crippen molar-refractivity contribution in [1.82, 2.24) is 5.43 Å². The van der Waals surface area contributed by atoms with E-state index in [-0.39, 0.29) is 33.8 Å². The van der Waals surface area contributed by atoms with Crippen LogP contribution < -0.4 is 10.9 Å². The molecule has 0 aliphatic rings. The van der Waals surface area contributed by atoms with Crippen molar-refractivity contribution in [3.63, 3.8) is 0 Å². The molecule has 156 valence electrons. The molecule has 0 heterocycles. The maximum atomic E-state index is 13.2. The first-order valence-corrected chi connectivity index (χ1v) is 8.80. The van der Waals surface area contributed by atoms with E-state index in [0.717, 1.165) is 6.07 Å². The summed E-state index contributed by atoms with van der Waals surface area (Å²) in [5, 5.41) is 18.3. The fraction of sp³-hybridized carbons (Fsp3) is 0.0455. The van der Waals surface area contributed by atoms with Gasteiger partial charge in [0.2, 0.25) is 0 Å². The van der Waals surface area contributed by atoms with Crippen molar-refractivity contribution in [1.29, 1.82) is 5.26 Å². The van der Waals surface area contributed by atoms with Crippen LogP contribution in [0, 0.1) is 11.3 Å². The quantitative estimate of drug-likeness (QED) is 0.419. The highest BCUT2D eigenvalue weighted by Crippen LogP contribution is 2.35. The van der Waals surface area contributed by atoms with Gasteiger partial charge in [-0.2, -0.15) is 18.4 Å². The van der Waals surface area contributed by atoms with Crippen molar-refractivity contribution in [3.8, 4) is 11.8 Å². The predicted octanol–water partition coefficient (Wildman–Crippen LogP) is 4.27. The number of nitriles is 1. The van der Waals surface area contributed by atoms with Crippen molar-refractivity contribution in [2.75, 3.05) is 5.43 Å². The second-order valence-electron chi connectivity index (χ2n) is 6.41. The number of halogens is 3. The van der Waals surface area contributed by atoms with Crippen LogP contribution in [0.4, 0.5) is 18.9 Å². The molecule has 0 atom stereocenters. The van der Waals surface area contributed by atoms with Crippen LogP contribution >= 0.6 is 0 Å². The summed E-state index contributed by atoms with van der Waals surface area (Å²) < 4.78 is 39.6. The van der Waals surface area contributed by atoms with Gasteiger partial charge in [0.25, 0.3) is 5.91 Å². The Bertz CT molecular complexity index is 1180. The van der Waals surface area contributed by atoms with Gasteiger partial charge < -0.3 is 5.11 Å². The van der Waals surface area contributed by atoms with Crippen LogP contribution in [0.5, 0.6) is 5.75 Å². The predicted molar refractivity (Wildman–Crippen MR) is 105 cm³/mol. The third kappa shape index (κ3) is 5.00. The van der Waals surface area contributed by atoms with Crippen LogP contribution in [-0.2, 0) is 6.18 Å². The molecule has 6 nitrogen and oxygen atoms in total. The van der Waals surface area contributed by atoms with E-state index in [4.69, 9.17) is 5.26 Å². The number of carbonyl (C=O) groups is 2. The summed E-state index contributed by atoms with van der Waals surface area (Å²) in [4.78, 5) is 24.7. The molecular formula is C22H14F3N3O3. The van der Waals surface area contributed by atoms with Gasteiger partial charge in [0.15, 0.2) is 5.78 Å². The van der Waals surface area contributed by atoms with E-state index in [2.05, 4.69) is 10.9 Å². The topological polar surface area (TPSA) is 102 Å². The molecule has 0 saturated carbocycles. The Labute approximate surface area is 174 Å². The Morgan fingerprint density at radius 3 is 2.19 bits per heavy atom. The fourth-order valence-electron chi connectivity index (χ4n) is 2.74. The number of benzene rings is 3. The Kier molecular flexibility index (Phi) is 5.93. The largest absolute Gasteiger partial charge is 0.508 e. The van der Waals surface area contributed by atoms with Gasteiger partial charge in [0, 0.05) is 16.7 Å². The zero-order chi connectivity index (χ0) is 22.6. The molecule has 0 aliphatic carbocycles. The van der Waals surface area contributed by atoms with E-state index in [0.29, 0.717) is 6.07 Å². The third-order valence-corrected chi connectivity index (χ3v) is 4.28. The summed E-state index contributed by atoms with van der Waals surface area (Å²) in [5.41, 5.74) is 3.32. The minimum absolute atomic E-state index is 0.0612. The number of ketones is 1. The van der Waals surface area contributed by atoms with Crippen molar-refractivity contribution in [3.05, 3.63) is 94.5 Å². The van der Waals surface area contributed by atoms with E-state index < -0.39 is 23.3 Å². The first kappa shape index (κ1) is 21.4. The number of hydrogen-bond acceptors (Lipinski definition) is 5. The third-order valence-electron chi connectivity index (χ3n) is 4.28. The Morgan fingerprint density at radius 2 is 1.58 bits per heavy atom. The average Bonchev–Trinajstić information content (AvgIpc) is 2.76. The molecule has 0 spiro atoms. The number of amides is 1. The fourth-order valence-corrected chi connectivity index (χ4v) is 2.74. The number of anilines is 1. The highest BCUT2D eigenvalue weighted by atomic mass is 19.4. The lowest BCUT2D eigenvalue weighted by molar-refractivity contribution is -0.137. The summed E-state index contributed by atoms with van der Waals surface area (Å²) in [6.45, 7) is 0. The van der Waals surface area contributed by atoms with E-state index >= 15 is 0 Å². The van der Waals surface area contributed by atoms with Gasteiger partial charge in [-0.15, -0.1) is 0 Å². The standard InChI is InChI=1S/C22H14F3N3O3/c23-22(24,25)18-10-13(12-26)4-9-19(18)27-28-21(31)15-7-5-14(6-8-15)20(30)16-2-1-3-17(29)11-16/h1-11,27,29H,(H,28,31). The van der Waals surface area contributed by atoms with Crippen molar-refractivity contribution >= 4 is 17.4 Å². The molecule has 0 aromatic heterocycles. The number of nitrogens with one attached hydrogen (secondary N) is 2. The summed E-state index contributed by atoms with van der Waals surface area (Å²) >= 11 is 0. The van der Waals surface area contributed by atoms with Gasteiger partial charge in [0.1, 0.15) is 5.75 Å². The van der Waals surface area contributed by atoms with E-state index in [9.17, 15) is 27.9 Å². The molecule has 0 bridgehead atoms. The van der Waals surface area contributed by atoms with Gasteiger partial charge in [0.05, 0.1) is 22.9 Å². The van der Waals surface area contributed by atoms with Gasteiger partial charge >= 0.3 is 6.18 Å². The first-order valence-electron chi connectivity index (χ1n) is 8.80. The maximum Gasteiger partial charge on any atom is 0.418 e. The van der Waals surface area contributed by atoms with E-state index in [1.807, 2.05) is 0 Å². The SMILES string of the molecule is N#Cc1ccc(NNC(=O)c2ccc(C(=O)c3cccc(O)c3)cc2)c(C(F)(F)F)c1. The average molecular weight is 425 g/mol. The van der Waals surface area contributed by atoms with Crippen LogP contribution in [0.2, 0.25) is 0 Å². The molecule has 3 N–H and O–H groups in total. The van der Waals surface area contributed by atoms with Crippen molar-refractivity contribution in [2.45, 2.75) is 6.18 Å². The molecule has 0 saturated heterocycles.